The van der Waals surface area contributed by atoms with Crippen molar-refractivity contribution in [3.8, 4) is 0 Å². The van der Waals surface area contributed by atoms with Crippen LogP contribution < -0.4 is 5.73 Å². The van der Waals surface area contributed by atoms with Gasteiger partial charge in [-0.1, -0.05) is 76.3 Å². The standard InChI is InChI=1S/C23H35N/c1-8-10-14-23(7,17(3)4)22-13-12-20(24)16-21(22)19(6)15-18(5)11-9-2/h9-12,14-17,22H,6,8,13,24H2,1-5,7H3/b11-9-,14-10?,18-15-. The molecular formula is C23H35N. The molecule has 1 aliphatic rings. The summed E-state index contributed by atoms with van der Waals surface area (Å²) in [7, 11) is 0. The van der Waals surface area contributed by atoms with Crippen LogP contribution in [-0.4, -0.2) is 0 Å². The van der Waals surface area contributed by atoms with Gasteiger partial charge < -0.3 is 5.73 Å². The van der Waals surface area contributed by atoms with E-state index in [0.29, 0.717) is 11.8 Å². The largest absolute Gasteiger partial charge is 0.399 e. The van der Waals surface area contributed by atoms with Gasteiger partial charge in [0.15, 0.2) is 0 Å². The summed E-state index contributed by atoms with van der Waals surface area (Å²) in [5.74, 6) is 0.935. The molecule has 24 heavy (non-hydrogen) atoms. The Balaban J connectivity index is 3.31. The van der Waals surface area contributed by atoms with Crippen LogP contribution in [0.3, 0.4) is 0 Å². The lowest BCUT2D eigenvalue weighted by Gasteiger charge is -2.42. The third kappa shape index (κ3) is 4.87. The van der Waals surface area contributed by atoms with E-state index >= 15 is 0 Å². The number of nitrogens with two attached hydrogens (primary N) is 1. The van der Waals surface area contributed by atoms with Crippen LogP contribution in [-0.2, 0) is 0 Å². The monoisotopic (exact) mass is 325 g/mol. The average Bonchev–Trinajstić information content (AvgIpc) is 2.52. The van der Waals surface area contributed by atoms with Crippen LogP contribution in [0.2, 0.25) is 0 Å². The summed E-state index contributed by atoms with van der Waals surface area (Å²) < 4.78 is 0. The third-order valence-electron chi connectivity index (χ3n) is 5.20. The number of allylic oxidation sites excluding steroid dienone is 10. The van der Waals surface area contributed by atoms with Crippen molar-refractivity contribution in [1.29, 1.82) is 0 Å². The Kier molecular flexibility index (Phi) is 7.54. The van der Waals surface area contributed by atoms with E-state index in [2.05, 4.69) is 83.7 Å². The maximum atomic E-state index is 6.13. The first-order valence-electron chi connectivity index (χ1n) is 9.11. The van der Waals surface area contributed by atoms with Crippen molar-refractivity contribution in [1.82, 2.24) is 0 Å². The van der Waals surface area contributed by atoms with Crippen molar-refractivity contribution >= 4 is 0 Å². The quantitative estimate of drug-likeness (QED) is 0.420. The molecular weight excluding hydrogens is 290 g/mol. The Morgan fingerprint density at radius 1 is 1.46 bits per heavy atom. The molecule has 1 rings (SSSR count). The molecule has 0 aromatic carbocycles. The third-order valence-corrected chi connectivity index (χ3v) is 5.20. The van der Waals surface area contributed by atoms with Crippen molar-refractivity contribution in [2.45, 2.75) is 54.4 Å². The van der Waals surface area contributed by atoms with Gasteiger partial charge in [-0.05, 0) is 61.2 Å². The van der Waals surface area contributed by atoms with E-state index in [-0.39, 0.29) is 5.41 Å². The van der Waals surface area contributed by atoms with E-state index in [1.165, 1.54) is 11.1 Å². The smallest absolute Gasteiger partial charge is 0.0276 e. The van der Waals surface area contributed by atoms with Crippen molar-refractivity contribution in [3.05, 3.63) is 71.5 Å². The summed E-state index contributed by atoms with van der Waals surface area (Å²) in [6.07, 6.45) is 17.3. The highest BCUT2D eigenvalue weighted by Crippen LogP contribution is 2.47. The average molecular weight is 326 g/mol. The molecule has 1 nitrogen and oxygen atoms in total. The number of hydrogen-bond acceptors (Lipinski definition) is 1. The first-order chi connectivity index (χ1) is 11.3. The number of hydrogen-bond donors (Lipinski definition) is 1. The topological polar surface area (TPSA) is 26.0 Å². The Hall–Kier alpha value is -1.76. The molecule has 0 aromatic heterocycles. The summed E-state index contributed by atoms with van der Waals surface area (Å²) in [6, 6.07) is 0. The normalized spacial score (nSPS) is 22.0. The van der Waals surface area contributed by atoms with Crippen molar-refractivity contribution in [2.75, 3.05) is 0 Å². The predicted molar refractivity (Wildman–Crippen MR) is 109 cm³/mol. The molecule has 2 atom stereocenters. The van der Waals surface area contributed by atoms with Gasteiger partial charge in [-0.2, -0.15) is 0 Å². The lowest BCUT2D eigenvalue weighted by atomic mass is 9.62. The molecule has 0 saturated carbocycles. The van der Waals surface area contributed by atoms with Gasteiger partial charge in [0.1, 0.15) is 0 Å². The van der Waals surface area contributed by atoms with Crippen LogP contribution in [0.25, 0.3) is 0 Å². The summed E-state index contributed by atoms with van der Waals surface area (Å²) in [5, 5.41) is 0. The zero-order valence-corrected chi connectivity index (χ0v) is 16.4. The lowest BCUT2D eigenvalue weighted by Crippen LogP contribution is -2.34. The maximum absolute atomic E-state index is 6.13. The molecule has 0 amide bonds. The molecule has 0 saturated heterocycles. The SMILES string of the molecule is C=C(/C=C(C)\C=C/C)C1=CC(N)=CCC1C(C)(C=CCC)C(C)C. The van der Waals surface area contributed by atoms with Crippen LogP contribution in [0, 0.1) is 17.3 Å². The Bertz CT molecular complexity index is 596. The van der Waals surface area contributed by atoms with Gasteiger partial charge in [0, 0.05) is 5.70 Å². The predicted octanol–water partition coefficient (Wildman–Crippen LogP) is 6.48. The Morgan fingerprint density at radius 2 is 2.12 bits per heavy atom. The fourth-order valence-corrected chi connectivity index (χ4v) is 3.38. The second kappa shape index (κ2) is 8.92. The van der Waals surface area contributed by atoms with E-state index in [1.54, 1.807) is 0 Å². The lowest BCUT2D eigenvalue weighted by molar-refractivity contribution is 0.206. The molecule has 0 heterocycles. The van der Waals surface area contributed by atoms with Gasteiger partial charge in [0.25, 0.3) is 0 Å². The van der Waals surface area contributed by atoms with Gasteiger partial charge in [0.2, 0.25) is 0 Å². The summed E-state index contributed by atoms with van der Waals surface area (Å²) in [6.45, 7) is 17.7. The summed E-state index contributed by atoms with van der Waals surface area (Å²) in [4.78, 5) is 0. The first-order valence-corrected chi connectivity index (χ1v) is 9.11. The number of rotatable bonds is 7. The minimum absolute atomic E-state index is 0.0876. The van der Waals surface area contributed by atoms with Crippen LogP contribution in [0.5, 0.6) is 0 Å². The fourth-order valence-electron chi connectivity index (χ4n) is 3.38. The Morgan fingerprint density at radius 3 is 2.67 bits per heavy atom. The second-order valence-electron chi connectivity index (χ2n) is 7.34. The summed E-state index contributed by atoms with van der Waals surface area (Å²) in [5.41, 5.74) is 10.6. The van der Waals surface area contributed by atoms with Crippen LogP contribution >= 0.6 is 0 Å². The van der Waals surface area contributed by atoms with Gasteiger partial charge in [-0.3, -0.25) is 0 Å². The van der Waals surface area contributed by atoms with Crippen LogP contribution in [0.15, 0.2) is 71.5 Å². The molecule has 0 radical (unpaired) electrons. The molecule has 132 valence electrons. The molecule has 2 N–H and O–H groups in total. The van der Waals surface area contributed by atoms with E-state index in [9.17, 15) is 0 Å². The summed E-state index contributed by atoms with van der Waals surface area (Å²) >= 11 is 0. The van der Waals surface area contributed by atoms with E-state index in [0.717, 1.165) is 24.1 Å². The molecule has 0 bridgehead atoms. The van der Waals surface area contributed by atoms with E-state index in [1.807, 2.05) is 6.92 Å². The van der Waals surface area contributed by atoms with Gasteiger partial charge >= 0.3 is 0 Å². The fraction of sp³-hybridized carbons (Fsp3) is 0.478. The molecule has 0 spiro atoms. The second-order valence-corrected chi connectivity index (χ2v) is 7.34. The minimum Gasteiger partial charge on any atom is -0.399 e. The Labute approximate surface area is 149 Å². The van der Waals surface area contributed by atoms with Crippen LogP contribution in [0.4, 0.5) is 0 Å². The van der Waals surface area contributed by atoms with Gasteiger partial charge in [-0.15, -0.1) is 0 Å². The highest BCUT2D eigenvalue weighted by molar-refractivity contribution is 5.48. The van der Waals surface area contributed by atoms with Crippen molar-refractivity contribution in [3.63, 3.8) is 0 Å². The van der Waals surface area contributed by atoms with Crippen LogP contribution in [0.1, 0.15) is 54.4 Å². The molecule has 1 heteroatoms. The van der Waals surface area contributed by atoms with Gasteiger partial charge in [0.05, 0.1) is 0 Å². The molecule has 0 fully saturated rings. The minimum atomic E-state index is 0.0876. The molecule has 0 aliphatic heterocycles. The molecule has 0 aromatic rings. The highest BCUT2D eigenvalue weighted by atomic mass is 14.6. The van der Waals surface area contributed by atoms with Crippen molar-refractivity contribution in [2.24, 2.45) is 23.0 Å². The zero-order valence-electron chi connectivity index (χ0n) is 16.4. The van der Waals surface area contributed by atoms with E-state index in [4.69, 9.17) is 5.73 Å². The van der Waals surface area contributed by atoms with E-state index < -0.39 is 0 Å². The first kappa shape index (κ1) is 20.3. The molecule has 2 unspecified atom stereocenters. The maximum Gasteiger partial charge on any atom is 0.0276 e. The van der Waals surface area contributed by atoms with Gasteiger partial charge in [-0.25, -0.2) is 0 Å². The highest BCUT2D eigenvalue weighted by Gasteiger charge is 2.37. The zero-order chi connectivity index (χ0) is 18.3. The molecule has 1 aliphatic carbocycles. The van der Waals surface area contributed by atoms with Crippen molar-refractivity contribution < 1.29 is 0 Å².